The SMILES string of the molecule is CCCN(CC(=O)NCCc1ccccc1C)CC(=O)Nc1ccccc1OC. The largest absolute Gasteiger partial charge is 0.495 e. The van der Waals surface area contributed by atoms with Crippen molar-refractivity contribution < 1.29 is 14.3 Å². The van der Waals surface area contributed by atoms with Crippen LogP contribution in [0.15, 0.2) is 48.5 Å². The number of carbonyl (C=O) groups is 2. The lowest BCUT2D eigenvalue weighted by Gasteiger charge is -2.21. The molecule has 2 rings (SSSR count). The minimum absolute atomic E-state index is 0.0721. The number of methoxy groups -OCH3 is 1. The van der Waals surface area contributed by atoms with Gasteiger partial charge in [-0.2, -0.15) is 0 Å². The van der Waals surface area contributed by atoms with Gasteiger partial charge in [-0.3, -0.25) is 14.5 Å². The van der Waals surface area contributed by atoms with Gasteiger partial charge in [-0.05, 0) is 49.6 Å². The molecule has 6 heteroatoms. The predicted molar refractivity (Wildman–Crippen MR) is 116 cm³/mol. The molecular weight excluding hydrogens is 366 g/mol. The third kappa shape index (κ3) is 7.58. The summed E-state index contributed by atoms with van der Waals surface area (Å²) in [4.78, 5) is 26.6. The first-order valence-electron chi connectivity index (χ1n) is 10.00. The van der Waals surface area contributed by atoms with Crippen molar-refractivity contribution in [2.75, 3.05) is 38.6 Å². The third-order valence-corrected chi connectivity index (χ3v) is 4.63. The molecule has 2 N–H and O–H groups in total. The second kappa shape index (κ2) is 11.9. The number of aryl methyl sites for hydroxylation is 1. The van der Waals surface area contributed by atoms with E-state index in [9.17, 15) is 9.59 Å². The maximum absolute atomic E-state index is 12.4. The molecule has 0 radical (unpaired) electrons. The standard InChI is InChI=1S/C23H31N3O3/c1-4-15-26(17-23(28)25-20-11-7-8-12-21(20)29-3)16-22(27)24-14-13-19-10-6-5-9-18(19)2/h5-12H,4,13-17H2,1-3H3,(H,24,27)(H,25,28). The van der Waals surface area contributed by atoms with E-state index in [0.29, 0.717) is 24.5 Å². The number of nitrogens with one attached hydrogen (secondary N) is 2. The number of benzene rings is 2. The van der Waals surface area contributed by atoms with Gasteiger partial charge >= 0.3 is 0 Å². The number of amides is 2. The molecular formula is C23H31N3O3. The summed E-state index contributed by atoms with van der Waals surface area (Å²) in [5, 5.41) is 5.81. The van der Waals surface area contributed by atoms with Crippen LogP contribution in [0.5, 0.6) is 5.75 Å². The zero-order valence-corrected chi connectivity index (χ0v) is 17.5. The van der Waals surface area contributed by atoms with Crippen molar-refractivity contribution in [1.82, 2.24) is 10.2 Å². The van der Waals surface area contributed by atoms with E-state index in [1.54, 1.807) is 19.2 Å². The number of rotatable bonds is 11. The molecule has 29 heavy (non-hydrogen) atoms. The predicted octanol–water partition coefficient (Wildman–Crippen LogP) is 3.01. The molecule has 0 spiro atoms. The molecule has 0 atom stereocenters. The van der Waals surface area contributed by atoms with Gasteiger partial charge in [-0.1, -0.05) is 43.3 Å². The summed E-state index contributed by atoms with van der Waals surface area (Å²) in [7, 11) is 1.57. The van der Waals surface area contributed by atoms with Crippen molar-refractivity contribution in [2.24, 2.45) is 0 Å². The average Bonchev–Trinajstić information content (AvgIpc) is 2.70. The van der Waals surface area contributed by atoms with Crippen LogP contribution in [0.3, 0.4) is 0 Å². The Labute approximate surface area is 173 Å². The fourth-order valence-corrected chi connectivity index (χ4v) is 3.16. The Morgan fingerprint density at radius 1 is 1.00 bits per heavy atom. The van der Waals surface area contributed by atoms with Gasteiger partial charge in [0, 0.05) is 6.54 Å². The van der Waals surface area contributed by atoms with E-state index < -0.39 is 0 Å². The summed E-state index contributed by atoms with van der Waals surface area (Å²) in [6.45, 7) is 5.70. The van der Waals surface area contributed by atoms with Gasteiger partial charge < -0.3 is 15.4 Å². The normalized spacial score (nSPS) is 10.6. The van der Waals surface area contributed by atoms with E-state index in [1.807, 2.05) is 36.1 Å². The highest BCUT2D eigenvalue weighted by atomic mass is 16.5. The summed E-state index contributed by atoms with van der Waals surface area (Å²) in [5.41, 5.74) is 3.08. The highest BCUT2D eigenvalue weighted by Crippen LogP contribution is 2.22. The molecule has 0 aliphatic heterocycles. The van der Waals surface area contributed by atoms with Crippen LogP contribution in [0.2, 0.25) is 0 Å². The van der Waals surface area contributed by atoms with Crippen LogP contribution in [0.25, 0.3) is 0 Å². The first-order chi connectivity index (χ1) is 14.0. The van der Waals surface area contributed by atoms with Crippen LogP contribution in [0.4, 0.5) is 5.69 Å². The number of nitrogens with zero attached hydrogens (tertiary/aromatic N) is 1. The Balaban J connectivity index is 1.82. The minimum Gasteiger partial charge on any atom is -0.495 e. The average molecular weight is 398 g/mol. The first kappa shape index (κ1) is 22.4. The molecule has 0 bridgehead atoms. The summed E-state index contributed by atoms with van der Waals surface area (Å²) in [5.74, 6) is 0.365. The number of hydrogen-bond acceptors (Lipinski definition) is 4. The molecule has 156 valence electrons. The maximum atomic E-state index is 12.4. The zero-order valence-electron chi connectivity index (χ0n) is 17.5. The molecule has 2 amide bonds. The van der Waals surface area contributed by atoms with Crippen molar-refractivity contribution in [3.63, 3.8) is 0 Å². The van der Waals surface area contributed by atoms with Gasteiger partial charge in [0.05, 0.1) is 25.9 Å². The fraction of sp³-hybridized carbons (Fsp3) is 0.391. The molecule has 0 unspecified atom stereocenters. The van der Waals surface area contributed by atoms with E-state index in [2.05, 4.69) is 29.7 Å². The summed E-state index contributed by atoms with van der Waals surface area (Å²) in [6, 6.07) is 15.4. The smallest absolute Gasteiger partial charge is 0.238 e. The minimum atomic E-state index is -0.171. The lowest BCUT2D eigenvalue weighted by Crippen LogP contribution is -2.42. The molecule has 0 fully saturated rings. The Morgan fingerprint density at radius 2 is 1.69 bits per heavy atom. The number of para-hydroxylation sites is 2. The van der Waals surface area contributed by atoms with Crippen molar-refractivity contribution in [2.45, 2.75) is 26.7 Å². The highest BCUT2D eigenvalue weighted by Gasteiger charge is 2.15. The molecule has 0 saturated heterocycles. The molecule has 0 heterocycles. The van der Waals surface area contributed by atoms with Crippen LogP contribution >= 0.6 is 0 Å². The second-order valence-electron chi connectivity index (χ2n) is 6.99. The quantitative estimate of drug-likeness (QED) is 0.612. The molecule has 2 aromatic carbocycles. The first-order valence-corrected chi connectivity index (χ1v) is 10.00. The van der Waals surface area contributed by atoms with Gasteiger partial charge in [-0.25, -0.2) is 0 Å². The van der Waals surface area contributed by atoms with Crippen LogP contribution in [0, 0.1) is 6.92 Å². The summed E-state index contributed by atoms with van der Waals surface area (Å²) >= 11 is 0. The van der Waals surface area contributed by atoms with Crippen LogP contribution in [-0.2, 0) is 16.0 Å². The molecule has 6 nitrogen and oxygen atoms in total. The Morgan fingerprint density at radius 3 is 2.41 bits per heavy atom. The lowest BCUT2D eigenvalue weighted by atomic mass is 10.1. The van der Waals surface area contributed by atoms with E-state index in [4.69, 9.17) is 4.74 Å². The highest BCUT2D eigenvalue weighted by molar-refractivity contribution is 5.94. The summed E-state index contributed by atoms with van der Waals surface area (Å²) < 4.78 is 5.26. The molecule has 2 aromatic rings. The molecule has 0 saturated carbocycles. The van der Waals surface area contributed by atoms with E-state index >= 15 is 0 Å². The topological polar surface area (TPSA) is 70.7 Å². The van der Waals surface area contributed by atoms with Gasteiger partial charge in [0.2, 0.25) is 11.8 Å². The lowest BCUT2D eigenvalue weighted by molar-refractivity contribution is -0.123. The maximum Gasteiger partial charge on any atom is 0.238 e. The van der Waals surface area contributed by atoms with Gasteiger partial charge in [0.1, 0.15) is 5.75 Å². The second-order valence-corrected chi connectivity index (χ2v) is 6.99. The van der Waals surface area contributed by atoms with Gasteiger partial charge in [0.15, 0.2) is 0 Å². The third-order valence-electron chi connectivity index (χ3n) is 4.63. The van der Waals surface area contributed by atoms with Crippen molar-refractivity contribution >= 4 is 17.5 Å². The number of ether oxygens (including phenoxy) is 1. The number of anilines is 1. The molecule has 0 aliphatic carbocycles. The number of carbonyl (C=O) groups excluding carboxylic acids is 2. The monoisotopic (exact) mass is 397 g/mol. The number of hydrogen-bond donors (Lipinski definition) is 2. The molecule has 0 aromatic heterocycles. The van der Waals surface area contributed by atoms with Crippen LogP contribution in [-0.4, -0.2) is 50.0 Å². The van der Waals surface area contributed by atoms with Gasteiger partial charge in [0.25, 0.3) is 0 Å². The van der Waals surface area contributed by atoms with Crippen molar-refractivity contribution in [3.05, 3.63) is 59.7 Å². The fourth-order valence-electron chi connectivity index (χ4n) is 3.16. The van der Waals surface area contributed by atoms with Crippen LogP contribution in [0.1, 0.15) is 24.5 Å². The van der Waals surface area contributed by atoms with Crippen molar-refractivity contribution in [1.29, 1.82) is 0 Å². The van der Waals surface area contributed by atoms with E-state index in [-0.39, 0.29) is 24.9 Å². The van der Waals surface area contributed by atoms with E-state index in [0.717, 1.165) is 12.8 Å². The Kier molecular flexibility index (Phi) is 9.18. The van der Waals surface area contributed by atoms with Gasteiger partial charge in [-0.15, -0.1) is 0 Å². The summed E-state index contributed by atoms with van der Waals surface area (Å²) in [6.07, 6.45) is 1.65. The van der Waals surface area contributed by atoms with E-state index in [1.165, 1.54) is 11.1 Å². The van der Waals surface area contributed by atoms with Crippen LogP contribution < -0.4 is 15.4 Å². The molecule has 0 aliphatic rings. The Hall–Kier alpha value is -2.86. The Bertz CT molecular complexity index is 807. The zero-order chi connectivity index (χ0) is 21.1. The van der Waals surface area contributed by atoms with Crippen molar-refractivity contribution in [3.8, 4) is 5.75 Å².